The van der Waals surface area contributed by atoms with E-state index in [0.29, 0.717) is 0 Å². The Kier molecular flexibility index (Phi) is 5.78. The molecule has 2 aliphatic heterocycles. The number of anilines is 2. The summed E-state index contributed by atoms with van der Waals surface area (Å²) < 4.78 is 88.2. The zero-order valence-corrected chi connectivity index (χ0v) is 19.4. The Morgan fingerprint density at radius 3 is 1.68 bits per heavy atom. The maximum atomic E-state index is 12.9. The minimum atomic E-state index is -5.23. The Morgan fingerprint density at radius 1 is 0.725 bits per heavy atom. The van der Waals surface area contributed by atoms with Gasteiger partial charge in [-0.3, -0.25) is 9.59 Å². The molecule has 3 aromatic rings. The molecule has 2 amide bonds. The first-order valence-corrected chi connectivity index (χ1v) is 11.0. The first-order chi connectivity index (χ1) is 18.6. The number of benzene rings is 3. The van der Waals surface area contributed by atoms with Crippen molar-refractivity contribution in [1.29, 1.82) is 0 Å². The highest BCUT2D eigenvalue weighted by atomic mass is 19.4. The number of alkyl halides is 6. The molecular formula is C25H12F6N2O7. The fourth-order valence-electron chi connectivity index (χ4n) is 4.41. The molecular weight excluding hydrogens is 554 g/mol. The summed E-state index contributed by atoms with van der Waals surface area (Å²) in [5.74, 6) is -7.45. The third-order valence-electron chi connectivity index (χ3n) is 6.08. The molecule has 206 valence electrons. The van der Waals surface area contributed by atoms with Gasteiger partial charge >= 0.3 is 36.1 Å². The van der Waals surface area contributed by atoms with Crippen LogP contribution in [0.4, 0.5) is 37.7 Å². The highest BCUT2D eigenvalue weighted by molar-refractivity contribution is 6.00. The van der Waals surface area contributed by atoms with Gasteiger partial charge in [0.2, 0.25) is 0 Å². The number of halogens is 6. The van der Waals surface area contributed by atoms with E-state index < -0.39 is 53.1 Å². The summed E-state index contributed by atoms with van der Waals surface area (Å²) in [7, 11) is 0. The predicted molar refractivity (Wildman–Crippen MR) is 121 cm³/mol. The van der Waals surface area contributed by atoms with E-state index in [1.807, 2.05) is 0 Å². The van der Waals surface area contributed by atoms with Crippen LogP contribution < -0.4 is 15.4 Å². The molecule has 5 rings (SSSR count). The maximum Gasteiger partial charge on any atom is 0.471 e. The smallest absolute Gasteiger partial charge is 0.471 e. The number of ether oxygens (including phenoxy) is 2. The summed E-state index contributed by atoms with van der Waals surface area (Å²) in [5, 5.41) is 12.8. The number of hydrogen-bond acceptors (Lipinski definition) is 6. The molecule has 3 aromatic carbocycles. The lowest BCUT2D eigenvalue weighted by Crippen LogP contribution is -2.34. The lowest BCUT2D eigenvalue weighted by Gasteiger charge is -2.37. The summed E-state index contributed by atoms with van der Waals surface area (Å²) in [4.78, 5) is 47.5. The van der Waals surface area contributed by atoms with Gasteiger partial charge in [-0.1, -0.05) is 0 Å². The quantitative estimate of drug-likeness (QED) is 0.302. The van der Waals surface area contributed by atoms with Crippen LogP contribution >= 0.6 is 0 Å². The number of carbonyl (C=O) groups is 4. The van der Waals surface area contributed by atoms with Gasteiger partial charge in [0, 0.05) is 40.2 Å². The summed E-state index contributed by atoms with van der Waals surface area (Å²) in [6, 6.07) is 9.87. The van der Waals surface area contributed by atoms with E-state index in [-0.39, 0.29) is 39.3 Å². The van der Waals surface area contributed by atoms with E-state index in [1.54, 1.807) is 10.6 Å². The third kappa shape index (κ3) is 4.24. The fraction of sp³-hybridized carbons (Fsp3) is 0.120. The Morgan fingerprint density at radius 2 is 1.23 bits per heavy atom. The van der Waals surface area contributed by atoms with Gasteiger partial charge < -0.3 is 25.2 Å². The molecule has 0 aliphatic carbocycles. The second-order valence-electron chi connectivity index (χ2n) is 8.56. The molecule has 2 heterocycles. The topological polar surface area (TPSA) is 131 Å². The Bertz CT molecular complexity index is 1550. The van der Waals surface area contributed by atoms with Crippen molar-refractivity contribution in [2.45, 2.75) is 18.0 Å². The van der Waals surface area contributed by atoms with Gasteiger partial charge in [-0.05, 0) is 42.5 Å². The maximum absolute atomic E-state index is 12.9. The molecule has 0 fully saturated rings. The molecule has 40 heavy (non-hydrogen) atoms. The minimum Gasteiger partial charge on any atom is -0.478 e. The molecule has 0 saturated carbocycles. The van der Waals surface area contributed by atoms with E-state index in [9.17, 15) is 50.6 Å². The van der Waals surface area contributed by atoms with Crippen molar-refractivity contribution in [3.8, 4) is 11.5 Å². The SMILES string of the molecule is O=C(O)c1ccc2c(c1)C1(OC2=O)c2ccc(NC(=O)C(F)(F)F)cc2Oc2cc(NC(=O)C(F)(F)F)ccc21. The molecule has 0 aromatic heterocycles. The molecule has 15 heteroatoms. The van der Waals surface area contributed by atoms with Gasteiger partial charge in [-0.15, -0.1) is 0 Å². The summed E-state index contributed by atoms with van der Waals surface area (Å²) >= 11 is 0. The van der Waals surface area contributed by atoms with Crippen LogP contribution in [0.15, 0.2) is 54.6 Å². The van der Waals surface area contributed by atoms with E-state index >= 15 is 0 Å². The van der Waals surface area contributed by atoms with Crippen molar-refractivity contribution in [3.63, 3.8) is 0 Å². The average molecular weight is 566 g/mol. The van der Waals surface area contributed by atoms with Crippen molar-refractivity contribution < 1.29 is 60.1 Å². The number of nitrogens with one attached hydrogen (secondary N) is 2. The normalized spacial score (nSPS) is 14.8. The number of amides is 2. The van der Waals surface area contributed by atoms with E-state index in [1.165, 1.54) is 18.2 Å². The molecule has 0 bridgehead atoms. The molecule has 0 saturated heterocycles. The minimum absolute atomic E-state index is 0.00218. The van der Waals surface area contributed by atoms with Gasteiger partial charge in [-0.25, -0.2) is 9.59 Å². The predicted octanol–water partition coefficient (Wildman–Crippen LogP) is 4.95. The third-order valence-corrected chi connectivity index (χ3v) is 6.08. The van der Waals surface area contributed by atoms with Gasteiger partial charge in [0.25, 0.3) is 0 Å². The molecule has 0 atom stereocenters. The van der Waals surface area contributed by atoms with Crippen LogP contribution in [0, 0.1) is 0 Å². The Labute approximate surface area is 218 Å². The zero-order chi connectivity index (χ0) is 29.2. The number of carboxylic acids is 1. The summed E-state index contributed by atoms with van der Waals surface area (Å²) in [6.07, 6.45) is -10.5. The molecule has 2 aliphatic rings. The van der Waals surface area contributed by atoms with E-state index in [2.05, 4.69) is 0 Å². The standard InChI is InChI=1S/C25H12F6N2O7/c26-24(27,28)21(37)32-11-2-5-14-17(8-11)39-18-9-12(33-22(38)25(29,30)31)3-6-15(18)23(14)16-7-10(19(34)35)1-4-13(16)20(36)40-23/h1-9H,(H,32,37)(H,33,38)(H,34,35). The monoisotopic (exact) mass is 566 g/mol. The number of fused-ring (bicyclic) bond motifs is 6. The van der Waals surface area contributed by atoms with Gasteiger partial charge in [0.15, 0.2) is 5.60 Å². The number of rotatable bonds is 3. The van der Waals surface area contributed by atoms with Crippen molar-refractivity contribution >= 4 is 35.1 Å². The van der Waals surface area contributed by atoms with Crippen molar-refractivity contribution in [3.05, 3.63) is 82.4 Å². The number of esters is 1. The van der Waals surface area contributed by atoms with Gasteiger partial charge in [0.1, 0.15) is 11.5 Å². The van der Waals surface area contributed by atoms with Crippen LogP contribution in [0.3, 0.4) is 0 Å². The molecule has 9 nitrogen and oxygen atoms in total. The highest BCUT2D eigenvalue weighted by Crippen LogP contribution is 2.57. The van der Waals surface area contributed by atoms with Gasteiger partial charge in [-0.2, -0.15) is 26.3 Å². The molecule has 0 radical (unpaired) electrons. The molecule has 0 unspecified atom stereocenters. The average Bonchev–Trinajstić information content (AvgIpc) is 3.14. The first kappa shape index (κ1) is 26.5. The lowest BCUT2D eigenvalue weighted by atomic mass is 9.77. The second-order valence-corrected chi connectivity index (χ2v) is 8.56. The van der Waals surface area contributed by atoms with Crippen LogP contribution in [0.2, 0.25) is 0 Å². The van der Waals surface area contributed by atoms with Crippen LogP contribution in [0.5, 0.6) is 11.5 Å². The lowest BCUT2D eigenvalue weighted by molar-refractivity contribution is -0.167. The fourth-order valence-corrected chi connectivity index (χ4v) is 4.41. The summed E-state index contributed by atoms with van der Waals surface area (Å²) in [6.45, 7) is 0. The Balaban J connectivity index is 1.71. The number of aromatic carboxylic acids is 1. The van der Waals surface area contributed by atoms with Crippen LogP contribution in [-0.4, -0.2) is 41.2 Å². The number of hydrogen-bond donors (Lipinski definition) is 3. The largest absolute Gasteiger partial charge is 0.478 e. The molecule has 3 N–H and O–H groups in total. The number of carbonyl (C=O) groups excluding carboxylic acids is 3. The van der Waals surface area contributed by atoms with E-state index in [4.69, 9.17) is 9.47 Å². The van der Waals surface area contributed by atoms with Crippen molar-refractivity contribution in [2.24, 2.45) is 0 Å². The second kappa shape index (κ2) is 8.72. The van der Waals surface area contributed by atoms with E-state index in [0.717, 1.165) is 36.4 Å². The van der Waals surface area contributed by atoms with Crippen LogP contribution in [-0.2, 0) is 19.9 Å². The Hall–Kier alpha value is -5.08. The van der Waals surface area contributed by atoms with Crippen molar-refractivity contribution in [2.75, 3.05) is 10.6 Å². The first-order valence-electron chi connectivity index (χ1n) is 11.0. The zero-order valence-electron chi connectivity index (χ0n) is 19.4. The van der Waals surface area contributed by atoms with Crippen LogP contribution in [0.1, 0.15) is 37.4 Å². The molecule has 1 spiro atoms. The highest BCUT2D eigenvalue weighted by Gasteiger charge is 2.54. The summed E-state index contributed by atoms with van der Waals surface area (Å²) in [5.41, 5.74) is -3.06. The van der Waals surface area contributed by atoms with Gasteiger partial charge in [0.05, 0.1) is 11.1 Å². The van der Waals surface area contributed by atoms with Crippen LogP contribution in [0.25, 0.3) is 0 Å². The van der Waals surface area contributed by atoms with Crippen molar-refractivity contribution in [1.82, 2.24) is 0 Å². The number of carboxylic acid groups (broad SMARTS) is 1.